The van der Waals surface area contributed by atoms with Gasteiger partial charge in [-0.05, 0) is 19.9 Å². The lowest BCUT2D eigenvalue weighted by molar-refractivity contribution is 0.0533. The average Bonchev–Trinajstić information content (AvgIpc) is 2.63. The standard InChI is InChI=1S/C13H20N4O3S/c1-2-20-13(19)10-9(14)8(11(15)18)12(21-10)17-6-3-4-16-5-7-17/h16H,2-7,14H2,1H3,(H2,15,18). The number of anilines is 2. The van der Waals surface area contributed by atoms with E-state index in [9.17, 15) is 9.59 Å². The third-order valence-corrected chi connectivity index (χ3v) is 4.51. The van der Waals surface area contributed by atoms with Gasteiger partial charge in [0.25, 0.3) is 5.91 Å². The highest BCUT2D eigenvalue weighted by Gasteiger charge is 2.28. The molecular formula is C13H20N4O3S. The SMILES string of the molecule is CCOC(=O)c1sc(N2CCCNCC2)c(C(N)=O)c1N. The Bertz CT molecular complexity index is 536. The van der Waals surface area contributed by atoms with Crippen molar-refractivity contribution in [2.75, 3.05) is 43.4 Å². The summed E-state index contributed by atoms with van der Waals surface area (Å²) in [6.07, 6.45) is 0.949. The third kappa shape index (κ3) is 3.27. The van der Waals surface area contributed by atoms with Crippen molar-refractivity contribution in [3.63, 3.8) is 0 Å². The summed E-state index contributed by atoms with van der Waals surface area (Å²) in [7, 11) is 0. The number of nitrogens with zero attached hydrogens (tertiary/aromatic N) is 1. The van der Waals surface area contributed by atoms with E-state index in [2.05, 4.69) is 5.32 Å². The fraction of sp³-hybridized carbons (Fsp3) is 0.538. The quantitative estimate of drug-likeness (QED) is 0.694. The van der Waals surface area contributed by atoms with E-state index >= 15 is 0 Å². The second kappa shape index (κ2) is 6.77. The number of nitrogens with two attached hydrogens (primary N) is 2. The lowest BCUT2D eigenvalue weighted by Crippen LogP contribution is -2.29. The molecule has 8 heteroatoms. The van der Waals surface area contributed by atoms with Crippen molar-refractivity contribution >= 4 is 33.9 Å². The van der Waals surface area contributed by atoms with Crippen molar-refractivity contribution in [3.05, 3.63) is 10.4 Å². The topological polar surface area (TPSA) is 111 Å². The lowest BCUT2D eigenvalue weighted by atomic mass is 10.2. The Kier molecular flexibility index (Phi) is 5.03. The second-order valence-corrected chi connectivity index (χ2v) is 5.70. The van der Waals surface area contributed by atoms with E-state index in [0.29, 0.717) is 5.00 Å². The second-order valence-electron chi connectivity index (χ2n) is 4.70. The Balaban J connectivity index is 2.41. The molecule has 0 aromatic carbocycles. The van der Waals surface area contributed by atoms with Gasteiger partial charge in [-0.15, -0.1) is 11.3 Å². The van der Waals surface area contributed by atoms with Crippen molar-refractivity contribution in [2.24, 2.45) is 5.73 Å². The Morgan fingerprint density at radius 1 is 1.38 bits per heavy atom. The van der Waals surface area contributed by atoms with Crippen LogP contribution in [0, 0.1) is 0 Å². The normalized spacial score (nSPS) is 15.6. The highest BCUT2D eigenvalue weighted by molar-refractivity contribution is 7.19. The van der Waals surface area contributed by atoms with Crippen LogP contribution in [0.4, 0.5) is 10.7 Å². The molecule has 1 amide bonds. The highest BCUT2D eigenvalue weighted by atomic mass is 32.1. The number of rotatable bonds is 4. The van der Waals surface area contributed by atoms with Crippen molar-refractivity contribution < 1.29 is 14.3 Å². The molecule has 0 saturated carbocycles. The van der Waals surface area contributed by atoms with Crippen LogP contribution in [0.15, 0.2) is 0 Å². The van der Waals surface area contributed by atoms with Crippen LogP contribution in [0.25, 0.3) is 0 Å². The van der Waals surface area contributed by atoms with Crippen LogP contribution in [-0.2, 0) is 4.74 Å². The van der Waals surface area contributed by atoms with Crippen LogP contribution < -0.4 is 21.7 Å². The molecule has 21 heavy (non-hydrogen) atoms. The highest BCUT2D eigenvalue weighted by Crippen LogP contribution is 2.38. The number of hydrogen-bond acceptors (Lipinski definition) is 7. The summed E-state index contributed by atoms with van der Waals surface area (Å²) in [5, 5.41) is 3.94. The summed E-state index contributed by atoms with van der Waals surface area (Å²) in [6.45, 7) is 5.24. The molecule has 0 bridgehead atoms. The Morgan fingerprint density at radius 3 is 2.81 bits per heavy atom. The molecule has 1 fully saturated rings. The summed E-state index contributed by atoms with van der Waals surface area (Å²) < 4.78 is 4.98. The fourth-order valence-electron chi connectivity index (χ4n) is 2.29. The molecule has 1 saturated heterocycles. The van der Waals surface area contributed by atoms with Crippen molar-refractivity contribution in [2.45, 2.75) is 13.3 Å². The molecule has 2 heterocycles. The smallest absolute Gasteiger partial charge is 0.350 e. The zero-order valence-corrected chi connectivity index (χ0v) is 12.8. The van der Waals surface area contributed by atoms with E-state index in [1.165, 1.54) is 11.3 Å². The van der Waals surface area contributed by atoms with Crippen LogP contribution in [0.1, 0.15) is 33.4 Å². The number of carbonyl (C=O) groups is 2. The molecule has 1 aromatic rings. The van der Waals surface area contributed by atoms with Crippen LogP contribution in [-0.4, -0.2) is 44.7 Å². The molecule has 0 spiro atoms. The van der Waals surface area contributed by atoms with Crippen molar-refractivity contribution in [1.29, 1.82) is 0 Å². The summed E-state index contributed by atoms with van der Waals surface area (Å²) in [5.41, 5.74) is 11.7. The number of carbonyl (C=O) groups excluding carboxylic acids is 2. The van der Waals surface area contributed by atoms with E-state index in [0.717, 1.165) is 32.6 Å². The molecule has 0 aliphatic carbocycles. The minimum Gasteiger partial charge on any atom is -0.462 e. The number of hydrogen-bond donors (Lipinski definition) is 3. The predicted molar refractivity (Wildman–Crippen MR) is 82.9 cm³/mol. The zero-order chi connectivity index (χ0) is 15.4. The summed E-state index contributed by atoms with van der Waals surface area (Å²) in [6, 6.07) is 0. The monoisotopic (exact) mass is 312 g/mol. The van der Waals surface area contributed by atoms with Gasteiger partial charge in [-0.25, -0.2) is 4.79 Å². The Morgan fingerprint density at radius 2 is 2.14 bits per heavy atom. The fourth-order valence-corrected chi connectivity index (χ4v) is 3.46. The Labute approximate surface area is 127 Å². The van der Waals surface area contributed by atoms with Gasteiger partial charge in [-0.1, -0.05) is 0 Å². The van der Waals surface area contributed by atoms with Crippen molar-refractivity contribution in [3.8, 4) is 0 Å². The maximum absolute atomic E-state index is 11.9. The molecule has 0 unspecified atom stereocenters. The van der Waals surface area contributed by atoms with E-state index in [1.807, 2.05) is 4.90 Å². The van der Waals surface area contributed by atoms with Gasteiger partial charge in [-0.3, -0.25) is 4.79 Å². The molecular weight excluding hydrogens is 292 g/mol. The molecule has 2 rings (SSSR count). The molecule has 0 atom stereocenters. The largest absolute Gasteiger partial charge is 0.462 e. The third-order valence-electron chi connectivity index (χ3n) is 3.26. The summed E-state index contributed by atoms with van der Waals surface area (Å²) >= 11 is 1.18. The molecule has 1 aliphatic heterocycles. The van der Waals surface area contributed by atoms with E-state index in [-0.39, 0.29) is 22.7 Å². The number of nitrogens with one attached hydrogen (secondary N) is 1. The van der Waals surface area contributed by atoms with Crippen LogP contribution in [0.2, 0.25) is 0 Å². The van der Waals surface area contributed by atoms with Crippen LogP contribution >= 0.6 is 11.3 Å². The average molecular weight is 312 g/mol. The van der Waals surface area contributed by atoms with Gasteiger partial charge in [-0.2, -0.15) is 0 Å². The zero-order valence-electron chi connectivity index (χ0n) is 12.0. The van der Waals surface area contributed by atoms with Gasteiger partial charge in [0.2, 0.25) is 0 Å². The first kappa shape index (κ1) is 15.6. The molecule has 5 N–H and O–H groups in total. The molecule has 7 nitrogen and oxygen atoms in total. The number of amides is 1. The maximum Gasteiger partial charge on any atom is 0.350 e. The summed E-state index contributed by atoms with van der Waals surface area (Å²) in [5.74, 6) is -1.13. The van der Waals surface area contributed by atoms with Gasteiger partial charge in [0, 0.05) is 19.6 Å². The number of primary amides is 1. The van der Waals surface area contributed by atoms with Gasteiger partial charge >= 0.3 is 5.97 Å². The lowest BCUT2D eigenvalue weighted by Gasteiger charge is -2.21. The van der Waals surface area contributed by atoms with Gasteiger partial charge in [0.15, 0.2) is 0 Å². The molecule has 116 valence electrons. The van der Waals surface area contributed by atoms with E-state index in [1.54, 1.807) is 6.92 Å². The first-order valence-corrected chi connectivity index (χ1v) is 7.72. The predicted octanol–water partition coefficient (Wildman–Crippen LogP) is 0.406. The first-order chi connectivity index (χ1) is 10.1. The molecule has 1 aromatic heterocycles. The number of esters is 1. The van der Waals surface area contributed by atoms with Gasteiger partial charge in [0.1, 0.15) is 9.88 Å². The minimum absolute atomic E-state index is 0.123. The minimum atomic E-state index is -0.619. The Hall–Kier alpha value is -1.80. The number of thiophene rings is 1. The molecule has 0 radical (unpaired) electrons. The first-order valence-electron chi connectivity index (χ1n) is 6.91. The number of nitrogen functional groups attached to an aromatic ring is 1. The van der Waals surface area contributed by atoms with E-state index in [4.69, 9.17) is 16.2 Å². The van der Waals surface area contributed by atoms with Crippen molar-refractivity contribution in [1.82, 2.24) is 5.32 Å². The van der Waals surface area contributed by atoms with Crippen LogP contribution in [0.5, 0.6) is 0 Å². The summed E-state index contributed by atoms with van der Waals surface area (Å²) in [4.78, 5) is 25.9. The van der Waals surface area contributed by atoms with Crippen LogP contribution in [0.3, 0.4) is 0 Å². The maximum atomic E-state index is 11.9. The molecule has 1 aliphatic rings. The van der Waals surface area contributed by atoms with Gasteiger partial charge < -0.3 is 26.4 Å². The number of ether oxygens (including phenoxy) is 1. The van der Waals surface area contributed by atoms with Gasteiger partial charge in [0.05, 0.1) is 17.9 Å². The van der Waals surface area contributed by atoms with E-state index < -0.39 is 11.9 Å².